The molecule has 0 spiro atoms. The molecule has 2 amide bonds. The number of aromatic amines is 1. The zero-order valence-electron chi connectivity index (χ0n) is 19.2. The van der Waals surface area contributed by atoms with Gasteiger partial charge in [0.05, 0.1) is 11.7 Å². The van der Waals surface area contributed by atoms with Crippen molar-refractivity contribution in [1.82, 2.24) is 14.8 Å². The Morgan fingerprint density at radius 3 is 2.43 bits per heavy atom. The van der Waals surface area contributed by atoms with Gasteiger partial charge in [-0.2, -0.15) is 0 Å². The lowest BCUT2D eigenvalue weighted by Crippen LogP contribution is -2.51. The number of amides is 2. The van der Waals surface area contributed by atoms with Crippen molar-refractivity contribution in [2.75, 3.05) is 37.6 Å². The Morgan fingerprint density at radius 1 is 0.886 bits per heavy atom. The van der Waals surface area contributed by atoms with Crippen molar-refractivity contribution in [1.29, 1.82) is 0 Å². The molecule has 0 aliphatic carbocycles. The number of piperazine rings is 1. The van der Waals surface area contributed by atoms with E-state index >= 15 is 0 Å². The van der Waals surface area contributed by atoms with Crippen LogP contribution >= 0.6 is 0 Å². The zero-order chi connectivity index (χ0) is 23.9. The fourth-order valence-corrected chi connectivity index (χ4v) is 5.34. The molecule has 0 radical (unpaired) electrons. The van der Waals surface area contributed by atoms with Gasteiger partial charge in [0.15, 0.2) is 0 Å². The molecule has 1 fully saturated rings. The number of aromatic nitrogens is 1. The first-order valence-corrected chi connectivity index (χ1v) is 11.8. The van der Waals surface area contributed by atoms with Crippen LogP contribution in [0, 0.1) is 5.82 Å². The molecule has 35 heavy (non-hydrogen) atoms. The SMILES string of the molecule is O=C(CN1C(=O)c2ccccc2C1c1c[nH]c2ccccc12)N1CCN(c2ccccc2F)CC1. The van der Waals surface area contributed by atoms with Crippen LogP contribution in [0.5, 0.6) is 0 Å². The van der Waals surface area contributed by atoms with E-state index in [0.717, 1.165) is 22.0 Å². The predicted molar refractivity (Wildman–Crippen MR) is 133 cm³/mol. The summed E-state index contributed by atoms with van der Waals surface area (Å²) < 4.78 is 14.2. The van der Waals surface area contributed by atoms with Crippen molar-refractivity contribution < 1.29 is 14.0 Å². The molecule has 176 valence electrons. The Kier molecular flexibility index (Phi) is 5.25. The summed E-state index contributed by atoms with van der Waals surface area (Å²) in [5, 5.41) is 1.04. The number of para-hydroxylation sites is 2. The van der Waals surface area contributed by atoms with E-state index in [-0.39, 0.29) is 30.2 Å². The van der Waals surface area contributed by atoms with Crippen LogP contribution < -0.4 is 4.90 Å². The first kappa shape index (κ1) is 21.4. The molecular weight excluding hydrogens is 443 g/mol. The summed E-state index contributed by atoms with van der Waals surface area (Å²) in [6, 6.07) is 22.0. The lowest BCUT2D eigenvalue weighted by Gasteiger charge is -2.37. The summed E-state index contributed by atoms with van der Waals surface area (Å²) in [5.41, 5.74) is 4.09. The lowest BCUT2D eigenvalue weighted by atomic mass is 9.97. The van der Waals surface area contributed by atoms with E-state index in [1.807, 2.05) is 65.7 Å². The molecule has 6 nitrogen and oxygen atoms in total. The molecule has 3 heterocycles. The molecule has 2 aliphatic heterocycles. The molecule has 6 rings (SSSR count). The van der Waals surface area contributed by atoms with E-state index in [1.54, 1.807) is 21.9 Å². The van der Waals surface area contributed by atoms with Gasteiger partial charge in [0.2, 0.25) is 5.91 Å². The molecule has 0 saturated carbocycles. The van der Waals surface area contributed by atoms with Crippen molar-refractivity contribution in [3.8, 4) is 0 Å². The van der Waals surface area contributed by atoms with Crippen LogP contribution in [0.25, 0.3) is 10.9 Å². The third-order valence-corrected chi connectivity index (χ3v) is 7.11. The van der Waals surface area contributed by atoms with Gasteiger partial charge in [-0.25, -0.2) is 4.39 Å². The normalized spacial score (nSPS) is 17.8. The van der Waals surface area contributed by atoms with Gasteiger partial charge in [-0.05, 0) is 29.8 Å². The van der Waals surface area contributed by atoms with Crippen LogP contribution in [0.15, 0.2) is 79.0 Å². The Hall–Kier alpha value is -4.13. The molecule has 4 aromatic rings. The minimum Gasteiger partial charge on any atom is -0.366 e. The van der Waals surface area contributed by atoms with Gasteiger partial charge in [-0.15, -0.1) is 0 Å². The minimum absolute atomic E-state index is 0.00259. The van der Waals surface area contributed by atoms with E-state index in [4.69, 9.17) is 0 Å². The van der Waals surface area contributed by atoms with Crippen molar-refractivity contribution in [3.05, 3.63) is 102 Å². The molecular formula is C28H25FN4O2. The lowest BCUT2D eigenvalue weighted by molar-refractivity contribution is -0.132. The Labute approximate surface area is 202 Å². The number of nitrogens with zero attached hydrogens (tertiary/aromatic N) is 3. The first-order valence-electron chi connectivity index (χ1n) is 11.8. The summed E-state index contributed by atoms with van der Waals surface area (Å²) in [6.45, 7) is 2.07. The number of carbonyl (C=O) groups is 2. The zero-order valence-corrected chi connectivity index (χ0v) is 19.2. The minimum atomic E-state index is -0.335. The number of carbonyl (C=O) groups excluding carboxylic acids is 2. The topological polar surface area (TPSA) is 59.7 Å². The number of hydrogen-bond acceptors (Lipinski definition) is 3. The molecule has 1 unspecified atom stereocenters. The van der Waals surface area contributed by atoms with E-state index < -0.39 is 0 Å². The third kappa shape index (κ3) is 3.64. The summed E-state index contributed by atoms with van der Waals surface area (Å²) in [5.74, 6) is -0.479. The Balaban J connectivity index is 1.24. The quantitative estimate of drug-likeness (QED) is 0.488. The number of benzene rings is 3. The maximum absolute atomic E-state index is 14.2. The number of nitrogens with one attached hydrogen (secondary N) is 1. The highest BCUT2D eigenvalue weighted by molar-refractivity contribution is 6.02. The van der Waals surface area contributed by atoms with E-state index in [9.17, 15) is 14.0 Å². The second-order valence-electron chi connectivity index (χ2n) is 9.03. The van der Waals surface area contributed by atoms with Gasteiger partial charge in [0, 0.05) is 54.4 Å². The average molecular weight is 469 g/mol. The van der Waals surface area contributed by atoms with Gasteiger partial charge in [-0.3, -0.25) is 9.59 Å². The van der Waals surface area contributed by atoms with Gasteiger partial charge in [0.25, 0.3) is 5.91 Å². The van der Waals surface area contributed by atoms with Gasteiger partial charge >= 0.3 is 0 Å². The molecule has 1 atom stereocenters. The van der Waals surface area contributed by atoms with Crippen molar-refractivity contribution in [2.45, 2.75) is 6.04 Å². The Bertz CT molecular complexity index is 1420. The highest BCUT2D eigenvalue weighted by atomic mass is 19.1. The Morgan fingerprint density at radius 2 is 1.60 bits per heavy atom. The van der Waals surface area contributed by atoms with Crippen LogP contribution in [-0.2, 0) is 4.79 Å². The molecule has 1 N–H and O–H groups in total. The largest absolute Gasteiger partial charge is 0.366 e. The number of fused-ring (bicyclic) bond motifs is 2. The number of H-pyrrole nitrogens is 1. The third-order valence-electron chi connectivity index (χ3n) is 7.11. The summed E-state index contributed by atoms with van der Waals surface area (Å²) in [6.07, 6.45) is 1.94. The van der Waals surface area contributed by atoms with E-state index in [1.165, 1.54) is 6.07 Å². The summed E-state index contributed by atoms with van der Waals surface area (Å²) in [4.78, 5) is 35.5. The van der Waals surface area contributed by atoms with Gasteiger partial charge in [0.1, 0.15) is 12.4 Å². The monoisotopic (exact) mass is 468 g/mol. The average Bonchev–Trinajstić information content (AvgIpc) is 3.43. The molecule has 0 bridgehead atoms. The molecule has 3 aromatic carbocycles. The number of hydrogen-bond donors (Lipinski definition) is 1. The van der Waals surface area contributed by atoms with Crippen molar-refractivity contribution in [3.63, 3.8) is 0 Å². The van der Waals surface area contributed by atoms with Crippen LogP contribution in [0.2, 0.25) is 0 Å². The molecule has 7 heteroatoms. The van der Waals surface area contributed by atoms with Crippen LogP contribution in [0.1, 0.15) is 27.5 Å². The highest BCUT2D eigenvalue weighted by Crippen LogP contribution is 2.41. The smallest absolute Gasteiger partial charge is 0.255 e. The van der Waals surface area contributed by atoms with E-state index in [0.29, 0.717) is 37.4 Å². The number of anilines is 1. The predicted octanol–water partition coefficient (Wildman–Crippen LogP) is 4.20. The summed E-state index contributed by atoms with van der Waals surface area (Å²) >= 11 is 0. The molecule has 2 aliphatic rings. The highest BCUT2D eigenvalue weighted by Gasteiger charge is 2.40. The first-order chi connectivity index (χ1) is 17.1. The van der Waals surface area contributed by atoms with Crippen molar-refractivity contribution in [2.24, 2.45) is 0 Å². The van der Waals surface area contributed by atoms with Crippen molar-refractivity contribution >= 4 is 28.4 Å². The van der Waals surface area contributed by atoms with Crippen LogP contribution in [-0.4, -0.2) is 59.3 Å². The fraction of sp³-hybridized carbons (Fsp3) is 0.214. The number of rotatable bonds is 4. The summed E-state index contributed by atoms with van der Waals surface area (Å²) in [7, 11) is 0. The maximum Gasteiger partial charge on any atom is 0.255 e. The van der Waals surface area contributed by atoms with E-state index in [2.05, 4.69) is 4.98 Å². The standard InChI is InChI=1S/C28H25FN4O2/c29-23-10-4-6-12-25(23)31-13-15-32(16-14-31)26(34)18-33-27(20-8-1-2-9-21(20)28(33)35)22-17-30-24-11-5-3-7-19(22)24/h1-12,17,27,30H,13-16,18H2. The molecule has 1 saturated heterocycles. The van der Waals surface area contributed by atoms with Gasteiger partial charge < -0.3 is 19.7 Å². The number of halogens is 1. The second kappa shape index (κ2) is 8.58. The fourth-order valence-electron chi connectivity index (χ4n) is 5.34. The second-order valence-corrected chi connectivity index (χ2v) is 9.03. The van der Waals surface area contributed by atoms with Gasteiger partial charge in [-0.1, -0.05) is 48.5 Å². The molecule has 1 aromatic heterocycles. The van der Waals surface area contributed by atoms with Crippen LogP contribution in [0.3, 0.4) is 0 Å². The maximum atomic E-state index is 14.2. The van der Waals surface area contributed by atoms with Crippen LogP contribution in [0.4, 0.5) is 10.1 Å².